The molecule has 0 radical (unpaired) electrons. The zero-order valence-corrected chi connectivity index (χ0v) is 14.9. The second-order valence-corrected chi connectivity index (χ2v) is 8.00. The number of nitrogens with zero attached hydrogens (tertiary/aromatic N) is 2. The molecule has 0 saturated heterocycles. The third kappa shape index (κ3) is 5.26. The lowest BCUT2D eigenvalue weighted by molar-refractivity contribution is -0.884. The number of hydrogen-bond acceptors (Lipinski definition) is 0. The zero-order valence-electron chi connectivity index (χ0n) is 14.9. The minimum absolute atomic E-state index is 0.987. The fourth-order valence-electron chi connectivity index (χ4n) is 2.82. The van der Waals surface area contributed by atoms with E-state index >= 15 is 0 Å². The monoisotopic (exact) mass is 278 g/mol. The lowest BCUT2D eigenvalue weighted by Gasteiger charge is -2.28. The number of hydrogen-bond donors (Lipinski definition) is 0. The fourth-order valence-corrected chi connectivity index (χ4v) is 2.82. The van der Waals surface area contributed by atoms with Gasteiger partial charge in [-0.05, 0) is 36.1 Å². The Morgan fingerprint density at radius 3 is 1.40 bits per heavy atom. The van der Waals surface area contributed by atoms with Crippen molar-refractivity contribution in [2.75, 3.05) is 42.3 Å². The summed E-state index contributed by atoms with van der Waals surface area (Å²) in [6.07, 6.45) is 2.26. The first-order valence-electron chi connectivity index (χ1n) is 7.80. The van der Waals surface area contributed by atoms with Crippen molar-refractivity contribution in [3.8, 4) is 0 Å². The summed E-state index contributed by atoms with van der Waals surface area (Å²) in [5.41, 5.74) is 6.14. The van der Waals surface area contributed by atoms with Crippen LogP contribution < -0.4 is 0 Å². The van der Waals surface area contributed by atoms with Crippen molar-refractivity contribution >= 4 is 0 Å². The molecule has 2 heteroatoms. The lowest BCUT2D eigenvalue weighted by atomic mass is 9.93. The number of quaternary nitrogens is 2. The minimum atomic E-state index is 0.987. The van der Waals surface area contributed by atoms with E-state index in [4.69, 9.17) is 0 Å². The molecule has 0 spiro atoms. The molecule has 114 valence electrons. The third-order valence-electron chi connectivity index (χ3n) is 3.55. The Morgan fingerprint density at radius 2 is 1.10 bits per heavy atom. The van der Waals surface area contributed by atoms with Crippen LogP contribution in [0.3, 0.4) is 0 Å². The minimum Gasteiger partial charge on any atom is -0.327 e. The summed E-state index contributed by atoms with van der Waals surface area (Å²) in [5.74, 6) is 0. The summed E-state index contributed by atoms with van der Waals surface area (Å²) in [6.45, 7) is 6.79. The van der Waals surface area contributed by atoms with E-state index in [9.17, 15) is 0 Å². The molecule has 0 aliphatic carbocycles. The van der Waals surface area contributed by atoms with Gasteiger partial charge in [-0.3, -0.25) is 0 Å². The van der Waals surface area contributed by atoms with Gasteiger partial charge in [0.2, 0.25) is 0 Å². The second-order valence-electron chi connectivity index (χ2n) is 8.00. The lowest BCUT2D eigenvalue weighted by Crippen LogP contribution is -2.35. The molecule has 0 atom stereocenters. The SMILES string of the molecule is CCc1cc(C[N+](C)(C)C)cc(CC)c1C[N+](C)(C)C. The molecule has 20 heavy (non-hydrogen) atoms. The van der Waals surface area contributed by atoms with Crippen LogP contribution in [0.2, 0.25) is 0 Å². The summed E-state index contributed by atoms with van der Waals surface area (Å²) >= 11 is 0. The molecule has 0 unspecified atom stereocenters. The standard InChI is InChI=1S/C18H34N2/c1-9-16-11-15(13-19(3,4)5)12-17(10-2)18(16)14-20(6,7)8/h11-12H,9-10,13-14H2,1-8H3/q+2. The summed E-state index contributed by atoms with van der Waals surface area (Å²) < 4.78 is 1.98. The van der Waals surface area contributed by atoms with E-state index in [0.717, 1.165) is 34.9 Å². The van der Waals surface area contributed by atoms with Gasteiger partial charge in [-0.15, -0.1) is 0 Å². The molecular weight excluding hydrogens is 244 g/mol. The fraction of sp³-hybridized carbons (Fsp3) is 0.667. The van der Waals surface area contributed by atoms with Crippen molar-refractivity contribution in [3.05, 3.63) is 34.4 Å². The predicted molar refractivity (Wildman–Crippen MR) is 88.7 cm³/mol. The van der Waals surface area contributed by atoms with Crippen LogP contribution in [0.1, 0.15) is 36.1 Å². The molecule has 1 rings (SSSR count). The molecular formula is C18H34N2+2. The van der Waals surface area contributed by atoms with E-state index in [2.05, 4.69) is 68.3 Å². The molecule has 1 aromatic carbocycles. The highest BCUT2D eigenvalue weighted by Crippen LogP contribution is 2.23. The Hall–Kier alpha value is -0.860. The van der Waals surface area contributed by atoms with Crippen molar-refractivity contribution < 1.29 is 8.97 Å². The highest BCUT2D eigenvalue weighted by Gasteiger charge is 2.18. The van der Waals surface area contributed by atoms with Gasteiger partial charge in [0.1, 0.15) is 13.1 Å². The number of benzene rings is 1. The highest BCUT2D eigenvalue weighted by atomic mass is 15.3. The molecule has 0 saturated carbocycles. The number of aryl methyl sites for hydroxylation is 2. The van der Waals surface area contributed by atoms with E-state index in [-0.39, 0.29) is 0 Å². The molecule has 0 heterocycles. The average molecular weight is 278 g/mol. The summed E-state index contributed by atoms with van der Waals surface area (Å²) in [4.78, 5) is 0. The third-order valence-corrected chi connectivity index (χ3v) is 3.55. The molecule has 0 amide bonds. The van der Waals surface area contributed by atoms with Gasteiger partial charge in [0.05, 0.1) is 42.3 Å². The molecule has 0 aromatic heterocycles. The Balaban J connectivity index is 3.25. The van der Waals surface area contributed by atoms with E-state index < -0.39 is 0 Å². The van der Waals surface area contributed by atoms with Gasteiger partial charge in [0.25, 0.3) is 0 Å². The van der Waals surface area contributed by atoms with Crippen LogP contribution in [0, 0.1) is 0 Å². The smallest absolute Gasteiger partial charge is 0.104 e. The molecule has 0 bridgehead atoms. The van der Waals surface area contributed by atoms with Crippen LogP contribution in [-0.4, -0.2) is 51.3 Å². The van der Waals surface area contributed by atoms with E-state index in [0.29, 0.717) is 0 Å². The van der Waals surface area contributed by atoms with Crippen molar-refractivity contribution in [2.45, 2.75) is 39.8 Å². The first-order valence-corrected chi connectivity index (χ1v) is 7.80. The van der Waals surface area contributed by atoms with Crippen molar-refractivity contribution in [3.63, 3.8) is 0 Å². The van der Waals surface area contributed by atoms with Gasteiger partial charge in [-0.2, -0.15) is 0 Å². The largest absolute Gasteiger partial charge is 0.327 e. The maximum atomic E-state index is 2.44. The normalized spacial score (nSPS) is 12.8. The predicted octanol–water partition coefficient (Wildman–Crippen LogP) is 3.22. The quantitative estimate of drug-likeness (QED) is 0.701. The van der Waals surface area contributed by atoms with Crippen molar-refractivity contribution in [1.29, 1.82) is 0 Å². The molecule has 0 aliphatic heterocycles. The van der Waals surface area contributed by atoms with Gasteiger partial charge >= 0.3 is 0 Å². The summed E-state index contributed by atoms with van der Waals surface area (Å²) in [6, 6.07) is 4.88. The topological polar surface area (TPSA) is 0 Å². The molecule has 0 aliphatic rings. The average Bonchev–Trinajstić information content (AvgIpc) is 2.26. The summed E-state index contributed by atoms with van der Waals surface area (Å²) in [7, 11) is 13.6. The first-order chi connectivity index (χ1) is 9.05. The van der Waals surface area contributed by atoms with Crippen LogP contribution in [0.25, 0.3) is 0 Å². The van der Waals surface area contributed by atoms with Crippen molar-refractivity contribution in [1.82, 2.24) is 0 Å². The van der Waals surface area contributed by atoms with Gasteiger partial charge < -0.3 is 8.97 Å². The van der Waals surface area contributed by atoms with Crippen LogP contribution in [0.4, 0.5) is 0 Å². The van der Waals surface area contributed by atoms with Gasteiger partial charge in [-0.1, -0.05) is 13.8 Å². The first kappa shape index (κ1) is 17.2. The Labute approximate surface area is 126 Å². The highest BCUT2D eigenvalue weighted by molar-refractivity contribution is 5.39. The van der Waals surface area contributed by atoms with Crippen molar-refractivity contribution in [2.24, 2.45) is 0 Å². The second kappa shape index (κ2) is 6.28. The summed E-state index contributed by atoms with van der Waals surface area (Å²) in [5, 5.41) is 0. The van der Waals surface area contributed by atoms with Gasteiger partial charge in [-0.25, -0.2) is 0 Å². The van der Waals surface area contributed by atoms with Crippen LogP contribution >= 0.6 is 0 Å². The Bertz CT molecular complexity index is 422. The Morgan fingerprint density at radius 1 is 0.700 bits per heavy atom. The van der Waals surface area contributed by atoms with Gasteiger partial charge in [0.15, 0.2) is 0 Å². The Kier molecular flexibility index (Phi) is 5.39. The van der Waals surface area contributed by atoms with Crippen LogP contribution in [-0.2, 0) is 25.9 Å². The van der Waals surface area contributed by atoms with E-state index in [1.165, 1.54) is 5.56 Å². The van der Waals surface area contributed by atoms with E-state index in [1.54, 1.807) is 16.7 Å². The number of rotatable bonds is 6. The molecule has 2 nitrogen and oxygen atoms in total. The molecule has 0 N–H and O–H groups in total. The maximum absolute atomic E-state index is 2.44. The molecule has 1 aromatic rings. The zero-order chi connectivity index (χ0) is 15.6. The van der Waals surface area contributed by atoms with E-state index in [1.807, 2.05) is 0 Å². The van der Waals surface area contributed by atoms with Crippen LogP contribution in [0.15, 0.2) is 12.1 Å². The maximum Gasteiger partial charge on any atom is 0.104 e. The van der Waals surface area contributed by atoms with Gasteiger partial charge in [0, 0.05) is 11.1 Å². The van der Waals surface area contributed by atoms with Crippen LogP contribution in [0.5, 0.6) is 0 Å². The molecule has 0 fully saturated rings.